The number of piperidine rings is 1. The van der Waals surface area contributed by atoms with Crippen molar-refractivity contribution in [1.82, 2.24) is 9.88 Å². The molecule has 2 aromatic rings. The van der Waals surface area contributed by atoms with Gasteiger partial charge in [-0.3, -0.25) is 9.69 Å². The number of H-pyrrole nitrogens is 1. The smallest absolute Gasteiger partial charge is 0.356 e. The summed E-state index contributed by atoms with van der Waals surface area (Å²) < 4.78 is 4.86. The van der Waals surface area contributed by atoms with E-state index in [1.54, 1.807) is 0 Å². The van der Waals surface area contributed by atoms with E-state index in [2.05, 4.69) is 22.1 Å². The molecule has 1 fully saturated rings. The lowest BCUT2D eigenvalue weighted by Gasteiger charge is -2.30. The van der Waals surface area contributed by atoms with Gasteiger partial charge in [-0.25, -0.2) is 4.79 Å². The Morgan fingerprint density at radius 1 is 1.40 bits per heavy atom. The Morgan fingerprint density at radius 3 is 2.92 bits per heavy atom. The van der Waals surface area contributed by atoms with E-state index in [9.17, 15) is 9.59 Å². The van der Waals surface area contributed by atoms with E-state index in [-0.39, 0.29) is 11.6 Å². The van der Waals surface area contributed by atoms with Gasteiger partial charge in [0.2, 0.25) is 5.91 Å². The van der Waals surface area contributed by atoms with Crippen molar-refractivity contribution in [1.29, 1.82) is 0 Å². The molecule has 2 heterocycles. The molecular weight excluding hydrogens is 318 g/mol. The number of esters is 1. The summed E-state index contributed by atoms with van der Waals surface area (Å²) >= 11 is 0. The van der Waals surface area contributed by atoms with Gasteiger partial charge in [-0.05, 0) is 43.9 Å². The van der Waals surface area contributed by atoms with Gasteiger partial charge < -0.3 is 15.0 Å². The van der Waals surface area contributed by atoms with Crippen LogP contribution in [0.4, 0.5) is 5.69 Å². The molecule has 1 aromatic heterocycles. The number of amides is 1. The van der Waals surface area contributed by atoms with Crippen molar-refractivity contribution in [2.24, 2.45) is 5.92 Å². The molecule has 1 saturated heterocycles. The molecule has 3 rings (SSSR count). The van der Waals surface area contributed by atoms with E-state index in [0.29, 0.717) is 18.2 Å². The van der Waals surface area contributed by atoms with Crippen LogP contribution in [0.2, 0.25) is 0 Å². The van der Waals surface area contributed by atoms with Crippen LogP contribution >= 0.6 is 0 Å². The number of hydrogen-bond donors (Lipinski definition) is 2. The van der Waals surface area contributed by atoms with Gasteiger partial charge in [0.05, 0.1) is 19.3 Å². The molecule has 0 saturated carbocycles. The highest BCUT2D eigenvalue weighted by Gasteiger charge is 2.23. The monoisotopic (exact) mass is 343 g/mol. The minimum Gasteiger partial charge on any atom is -0.464 e. The summed E-state index contributed by atoms with van der Waals surface area (Å²) in [5, 5.41) is 3.79. The van der Waals surface area contributed by atoms with Crippen LogP contribution in [-0.4, -0.2) is 48.5 Å². The second kappa shape index (κ2) is 7.27. The summed E-state index contributed by atoms with van der Waals surface area (Å²) in [7, 11) is 1.33. The highest BCUT2D eigenvalue weighted by atomic mass is 16.5. The maximum absolute atomic E-state index is 12.6. The van der Waals surface area contributed by atoms with Crippen LogP contribution in [0, 0.1) is 12.8 Å². The maximum Gasteiger partial charge on any atom is 0.356 e. The molecular formula is C19H25N3O3. The third kappa shape index (κ3) is 3.69. The number of carbonyl (C=O) groups excluding carboxylic acids is 2. The third-order valence-corrected chi connectivity index (χ3v) is 4.79. The standard InChI is InChI=1S/C19H25N3O3/c1-12-6-5-9-22(10-12)11-15(23)21-17-16-13(2)7-4-8-14(16)20-18(17)19(24)25-3/h4,7-8,12,20H,5-6,9-11H2,1-3H3,(H,21,23)/t12-/m0/s1. The summed E-state index contributed by atoms with van der Waals surface area (Å²) in [5.74, 6) is 0.0171. The number of nitrogens with one attached hydrogen (secondary N) is 2. The number of likely N-dealkylation sites (tertiary alicyclic amines) is 1. The molecule has 0 aliphatic carbocycles. The van der Waals surface area contributed by atoms with Gasteiger partial charge in [-0.2, -0.15) is 0 Å². The average molecular weight is 343 g/mol. The van der Waals surface area contributed by atoms with E-state index in [1.165, 1.54) is 13.5 Å². The van der Waals surface area contributed by atoms with Crippen molar-refractivity contribution >= 4 is 28.5 Å². The Kier molecular flexibility index (Phi) is 5.08. The number of anilines is 1. The fourth-order valence-electron chi connectivity index (χ4n) is 3.62. The van der Waals surface area contributed by atoms with Crippen LogP contribution < -0.4 is 5.32 Å². The van der Waals surface area contributed by atoms with Gasteiger partial charge in [0.15, 0.2) is 0 Å². The highest BCUT2D eigenvalue weighted by molar-refractivity contribution is 6.12. The quantitative estimate of drug-likeness (QED) is 0.837. The zero-order valence-electron chi connectivity index (χ0n) is 15.0. The molecule has 2 N–H and O–H groups in total. The van der Waals surface area contributed by atoms with Crippen molar-refractivity contribution in [2.75, 3.05) is 32.1 Å². The molecule has 1 amide bonds. The van der Waals surface area contributed by atoms with E-state index < -0.39 is 5.97 Å². The first kappa shape index (κ1) is 17.5. The molecule has 25 heavy (non-hydrogen) atoms. The van der Waals surface area contributed by atoms with Crippen molar-refractivity contribution in [3.63, 3.8) is 0 Å². The average Bonchev–Trinajstić information content (AvgIpc) is 2.94. The summed E-state index contributed by atoms with van der Waals surface area (Å²) in [4.78, 5) is 29.9. The van der Waals surface area contributed by atoms with E-state index in [4.69, 9.17) is 4.74 Å². The number of methoxy groups -OCH3 is 1. The van der Waals surface area contributed by atoms with Crippen LogP contribution in [0.3, 0.4) is 0 Å². The van der Waals surface area contributed by atoms with Crippen molar-refractivity contribution in [3.8, 4) is 0 Å². The van der Waals surface area contributed by atoms with E-state index in [1.807, 2.05) is 25.1 Å². The molecule has 1 atom stereocenters. The van der Waals surface area contributed by atoms with Gasteiger partial charge in [0, 0.05) is 17.4 Å². The largest absolute Gasteiger partial charge is 0.464 e. The number of aromatic amines is 1. The Balaban J connectivity index is 1.86. The predicted molar refractivity (Wildman–Crippen MR) is 97.8 cm³/mol. The first-order chi connectivity index (χ1) is 12.0. The minimum atomic E-state index is -0.488. The zero-order chi connectivity index (χ0) is 18.0. The lowest BCUT2D eigenvalue weighted by molar-refractivity contribution is -0.117. The molecule has 134 valence electrons. The topological polar surface area (TPSA) is 74.4 Å². The van der Waals surface area contributed by atoms with Gasteiger partial charge in [-0.1, -0.05) is 19.1 Å². The zero-order valence-corrected chi connectivity index (χ0v) is 15.0. The third-order valence-electron chi connectivity index (χ3n) is 4.79. The number of benzene rings is 1. The molecule has 0 bridgehead atoms. The lowest BCUT2D eigenvalue weighted by atomic mass is 10.0. The Morgan fingerprint density at radius 2 is 2.20 bits per heavy atom. The van der Waals surface area contributed by atoms with E-state index in [0.717, 1.165) is 36.0 Å². The van der Waals surface area contributed by atoms with Gasteiger partial charge in [0.25, 0.3) is 0 Å². The fraction of sp³-hybridized carbons (Fsp3) is 0.474. The number of aromatic nitrogens is 1. The summed E-state index contributed by atoms with van der Waals surface area (Å²) in [6, 6.07) is 5.76. The summed E-state index contributed by atoms with van der Waals surface area (Å²) in [6.45, 7) is 6.38. The van der Waals surface area contributed by atoms with Crippen molar-refractivity contribution in [2.45, 2.75) is 26.7 Å². The molecule has 1 aliphatic rings. The number of carbonyl (C=O) groups is 2. The molecule has 6 nitrogen and oxygen atoms in total. The fourth-order valence-corrected chi connectivity index (χ4v) is 3.62. The van der Waals surface area contributed by atoms with Crippen molar-refractivity contribution in [3.05, 3.63) is 29.5 Å². The van der Waals surface area contributed by atoms with Gasteiger partial charge in [0.1, 0.15) is 5.69 Å². The number of aryl methyl sites for hydroxylation is 1. The number of rotatable bonds is 4. The normalized spacial score (nSPS) is 18.3. The second-order valence-electron chi connectivity index (χ2n) is 6.89. The summed E-state index contributed by atoms with van der Waals surface area (Å²) in [6.07, 6.45) is 2.33. The maximum atomic E-state index is 12.6. The molecule has 0 spiro atoms. The Hall–Kier alpha value is -2.34. The molecule has 0 unspecified atom stereocenters. The minimum absolute atomic E-state index is 0.108. The predicted octanol–water partition coefficient (Wildman–Crippen LogP) is 2.93. The summed E-state index contributed by atoms with van der Waals surface area (Å²) in [5.41, 5.74) is 2.59. The first-order valence-corrected chi connectivity index (χ1v) is 8.71. The number of nitrogens with zero attached hydrogens (tertiary/aromatic N) is 1. The molecule has 6 heteroatoms. The SMILES string of the molecule is COC(=O)c1[nH]c2cccc(C)c2c1NC(=O)CN1CCC[C@H](C)C1. The van der Waals surface area contributed by atoms with Gasteiger partial charge >= 0.3 is 5.97 Å². The first-order valence-electron chi connectivity index (χ1n) is 8.71. The van der Waals surface area contributed by atoms with Crippen molar-refractivity contribution < 1.29 is 14.3 Å². The second-order valence-corrected chi connectivity index (χ2v) is 6.89. The van der Waals surface area contributed by atoms with Crippen LogP contribution in [0.25, 0.3) is 10.9 Å². The van der Waals surface area contributed by atoms with Gasteiger partial charge in [-0.15, -0.1) is 0 Å². The molecule has 0 radical (unpaired) electrons. The number of fused-ring (bicyclic) bond motifs is 1. The molecule has 1 aliphatic heterocycles. The number of ether oxygens (including phenoxy) is 1. The van der Waals surface area contributed by atoms with Crippen LogP contribution in [-0.2, 0) is 9.53 Å². The Labute approximate surface area is 147 Å². The Bertz CT molecular complexity index is 797. The van der Waals surface area contributed by atoms with Crippen LogP contribution in [0.1, 0.15) is 35.8 Å². The van der Waals surface area contributed by atoms with E-state index >= 15 is 0 Å². The molecule has 1 aromatic carbocycles. The number of hydrogen-bond acceptors (Lipinski definition) is 4. The van der Waals surface area contributed by atoms with Crippen LogP contribution in [0.15, 0.2) is 18.2 Å². The van der Waals surface area contributed by atoms with Crippen LogP contribution in [0.5, 0.6) is 0 Å². The highest BCUT2D eigenvalue weighted by Crippen LogP contribution is 2.31. The lowest BCUT2D eigenvalue weighted by Crippen LogP contribution is -2.39.